The average molecular weight is 376 g/mol. The van der Waals surface area contributed by atoms with E-state index < -0.39 is 11.6 Å². The van der Waals surface area contributed by atoms with Crippen LogP contribution < -0.4 is 0 Å². The maximum Gasteiger partial charge on any atom is 0.394 e. The molecule has 3 aliphatic carbocycles. The topological polar surface area (TPSA) is 25.8 Å². The van der Waals surface area contributed by atoms with Gasteiger partial charge in [-0.05, 0) is 58.6 Å². The van der Waals surface area contributed by atoms with Gasteiger partial charge >= 0.3 is 6.18 Å². The first-order chi connectivity index (χ1) is 8.66. The first kappa shape index (κ1) is 13.9. The Morgan fingerprint density at radius 2 is 1.74 bits per heavy atom. The summed E-state index contributed by atoms with van der Waals surface area (Å²) in [4.78, 5) is 7.82. The minimum atomic E-state index is -4.09. The lowest BCUT2D eigenvalue weighted by atomic mass is 9.34. The first-order valence-electron chi connectivity index (χ1n) is 5.61. The largest absolute Gasteiger partial charge is 0.394 e. The van der Waals surface area contributed by atoms with Crippen molar-refractivity contribution in [2.24, 2.45) is 10.8 Å². The summed E-state index contributed by atoms with van der Waals surface area (Å²) >= 11 is 14.8. The molecule has 19 heavy (non-hydrogen) atoms. The van der Waals surface area contributed by atoms with E-state index in [1.54, 1.807) is 0 Å². The van der Waals surface area contributed by atoms with Crippen molar-refractivity contribution in [1.82, 2.24) is 9.97 Å². The molecule has 2 bridgehead atoms. The molecule has 1 aromatic heterocycles. The highest BCUT2D eigenvalue weighted by Crippen LogP contribution is 2.79. The number of nitrogens with zero attached hydrogens (tertiary/aromatic N) is 2. The van der Waals surface area contributed by atoms with Crippen molar-refractivity contribution in [3.8, 4) is 0 Å². The second-order valence-electron chi connectivity index (χ2n) is 5.53. The summed E-state index contributed by atoms with van der Waals surface area (Å²) in [5.41, 5.74) is -1.15. The molecule has 8 heteroatoms. The molecule has 4 rings (SSSR count). The lowest BCUT2D eigenvalue weighted by molar-refractivity contribution is -0.363. The van der Waals surface area contributed by atoms with Crippen LogP contribution in [0.5, 0.6) is 0 Å². The number of alkyl halides is 3. The molecule has 3 saturated carbocycles. The summed E-state index contributed by atoms with van der Waals surface area (Å²) in [5.74, 6) is 0. The van der Waals surface area contributed by atoms with E-state index in [0.717, 1.165) is 0 Å². The zero-order chi connectivity index (χ0) is 14.1. The van der Waals surface area contributed by atoms with Crippen LogP contribution in [0.4, 0.5) is 13.2 Å². The SMILES string of the molecule is FC(F)(F)C12CC(Cc3nc(Cl)nc(Cl)c3Br)(C1)C2. The van der Waals surface area contributed by atoms with Gasteiger partial charge in [-0.25, -0.2) is 9.97 Å². The Morgan fingerprint density at radius 1 is 1.16 bits per heavy atom. The molecule has 0 atom stereocenters. The van der Waals surface area contributed by atoms with E-state index in [9.17, 15) is 13.2 Å². The van der Waals surface area contributed by atoms with E-state index in [1.165, 1.54) is 0 Å². The Morgan fingerprint density at radius 3 is 2.26 bits per heavy atom. The van der Waals surface area contributed by atoms with Crippen LogP contribution in [-0.4, -0.2) is 16.1 Å². The highest BCUT2D eigenvalue weighted by molar-refractivity contribution is 9.10. The van der Waals surface area contributed by atoms with Gasteiger partial charge in [-0.1, -0.05) is 11.6 Å². The van der Waals surface area contributed by atoms with Gasteiger partial charge in [0.15, 0.2) is 0 Å². The molecule has 0 spiro atoms. The lowest BCUT2D eigenvalue weighted by Gasteiger charge is -2.70. The third kappa shape index (κ3) is 1.98. The number of rotatable bonds is 2. The molecule has 104 valence electrons. The predicted octanol–water partition coefficient (Wildman–Crippen LogP) is 4.82. The zero-order valence-electron chi connectivity index (χ0n) is 9.49. The lowest BCUT2D eigenvalue weighted by Crippen LogP contribution is -2.68. The standard InChI is InChI=1S/C11H8BrCl2F3N2/c12-6-5(18-8(14)19-7(6)13)1-9-2-10(3-9,4-9)11(15,16)17/h1-4H2. The van der Waals surface area contributed by atoms with Crippen LogP contribution >= 0.6 is 39.1 Å². The van der Waals surface area contributed by atoms with Crippen LogP contribution in [0.25, 0.3) is 0 Å². The van der Waals surface area contributed by atoms with Gasteiger partial charge in [0.25, 0.3) is 0 Å². The molecule has 3 fully saturated rings. The van der Waals surface area contributed by atoms with E-state index in [1.807, 2.05) is 0 Å². The molecule has 2 nitrogen and oxygen atoms in total. The molecular formula is C11H8BrCl2F3N2. The quantitative estimate of drug-likeness (QED) is 0.547. The van der Waals surface area contributed by atoms with Gasteiger partial charge in [0.2, 0.25) is 5.28 Å². The maximum atomic E-state index is 12.8. The molecule has 0 N–H and O–H groups in total. The van der Waals surface area contributed by atoms with E-state index >= 15 is 0 Å². The predicted molar refractivity (Wildman–Crippen MR) is 68.2 cm³/mol. The smallest absolute Gasteiger partial charge is 0.222 e. The summed E-state index contributed by atoms with van der Waals surface area (Å²) in [6.07, 6.45) is -3.11. The second-order valence-corrected chi connectivity index (χ2v) is 7.02. The van der Waals surface area contributed by atoms with E-state index in [0.29, 0.717) is 16.6 Å². The van der Waals surface area contributed by atoms with Crippen LogP contribution in [0.2, 0.25) is 10.4 Å². The Labute approximate surface area is 125 Å². The fraction of sp³-hybridized carbons (Fsp3) is 0.636. The van der Waals surface area contributed by atoms with Gasteiger partial charge in [-0.2, -0.15) is 13.2 Å². The van der Waals surface area contributed by atoms with Crippen LogP contribution in [0, 0.1) is 10.8 Å². The van der Waals surface area contributed by atoms with Crippen molar-refractivity contribution < 1.29 is 13.2 Å². The van der Waals surface area contributed by atoms with Gasteiger partial charge in [-0.3, -0.25) is 0 Å². The van der Waals surface area contributed by atoms with Gasteiger partial charge in [0.1, 0.15) is 5.15 Å². The van der Waals surface area contributed by atoms with Gasteiger partial charge in [-0.15, -0.1) is 0 Å². The Kier molecular flexibility index (Phi) is 2.91. The average Bonchev–Trinajstić information content (AvgIpc) is 2.14. The molecule has 0 aliphatic heterocycles. The fourth-order valence-electron chi connectivity index (χ4n) is 3.39. The molecule has 0 saturated heterocycles. The van der Waals surface area contributed by atoms with E-state index in [2.05, 4.69) is 25.9 Å². The summed E-state index contributed by atoms with van der Waals surface area (Å²) in [5, 5.41) is 0.201. The van der Waals surface area contributed by atoms with Gasteiger partial charge in [0.05, 0.1) is 15.6 Å². The Balaban J connectivity index is 1.77. The molecule has 1 aromatic rings. The van der Waals surface area contributed by atoms with Crippen molar-refractivity contribution in [3.05, 3.63) is 20.6 Å². The monoisotopic (exact) mass is 374 g/mol. The second kappa shape index (κ2) is 3.98. The molecule has 3 aliphatic rings. The van der Waals surface area contributed by atoms with Gasteiger partial charge in [0, 0.05) is 0 Å². The minimum Gasteiger partial charge on any atom is -0.222 e. The molecule has 0 radical (unpaired) electrons. The van der Waals surface area contributed by atoms with E-state index in [4.69, 9.17) is 23.2 Å². The van der Waals surface area contributed by atoms with Crippen molar-refractivity contribution in [2.45, 2.75) is 31.9 Å². The van der Waals surface area contributed by atoms with Crippen LogP contribution in [0.1, 0.15) is 25.0 Å². The molecule has 0 unspecified atom stereocenters. The summed E-state index contributed by atoms with van der Waals surface area (Å²) < 4.78 is 38.8. The molecule has 0 amide bonds. The fourth-order valence-corrected chi connectivity index (χ4v) is 4.13. The highest BCUT2D eigenvalue weighted by atomic mass is 79.9. The van der Waals surface area contributed by atoms with Crippen molar-refractivity contribution in [2.75, 3.05) is 0 Å². The van der Waals surface area contributed by atoms with Crippen molar-refractivity contribution in [3.63, 3.8) is 0 Å². The maximum absolute atomic E-state index is 12.8. The Bertz CT molecular complexity index is 542. The molecular weight excluding hydrogens is 368 g/mol. The number of hydrogen-bond donors (Lipinski definition) is 0. The van der Waals surface area contributed by atoms with Crippen LogP contribution in [0.3, 0.4) is 0 Å². The molecule has 0 aromatic carbocycles. The summed E-state index contributed by atoms with van der Waals surface area (Å²) in [6, 6.07) is 0. The normalized spacial score (nSPS) is 32.7. The summed E-state index contributed by atoms with van der Waals surface area (Å²) in [6.45, 7) is 0. The van der Waals surface area contributed by atoms with Crippen LogP contribution in [-0.2, 0) is 6.42 Å². The van der Waals surface area contributed by atoms with Gasteiger partial charge < -0.3 is 0 Å². The zero-order valence-corrected chi connectivity index (χ0v) is 12.6. The first-order valence-corrected chi connectivity index (χ1v) is 7.16. The summed E-state index contributed by atoms with van der Waals surface area (Å²) in [7, 11) is 0. The molecule has 1 heterocycles. The number of aromatic nitrogens is 2. The van der Waals surface area contributed by atoms with E-state index in [-0.39, 0.29) is 35.1 Å². The minimum absolute atomic E-state index is 0.0142. The highest BCUT2D eigenvalue weighted by Gasteiger charge is 2.77. The number of halogens is 6. The third-order valence-electron chi connectivity index (χ3n) is 4.14. The third-order valence-corrected chi connectivity index (χ3v) is 5.64. The van der Waals surface area contributed by atoms with Crippen molar-refractivity contribution >= 4 is 39.1 Å². The number of hydrogen-bond acceptors (Lipinski definition) is 2. The van der Waals surface area contributed by atoms with Crippen LogP contribution in [0.15, 0.2) is 4.47 Å². The Hall–Kier alpha value is -0.0700. The van der Waals surface area contributed by atoms with Crippen molar-refractivity contribution in [1.29, 1.82) is 0 Å².